The average Bonchev–Trinajstić information content (AvgIpc) is 2.64. The van der Waals surface area contributed by atoms with Crippen LogP contribution in [-0.2, 0) is 4.79 Å². The number of anilines is 2. The van der Waals surface area contributed by atoms with Gasteiger partial charge in [-0.3, -0.25) is 14.6 Å². The summed E-state index contributed by atoms with van der Waals surface area (Å²) in [5.74, 6) is -0.469. The summed E-state index contributed by atoms with van der Waals surface area (Å²) >= 11 is 12.2. The number of carbonyl (C=O) groups excluding carboxylic acids is 2. The van der Waals surface area contributed by atoms with Crippen molar-refractivity contribution in [1.29, 1.82) is 0 Å². The van der Waals surface area contributed by atoms with Crippen LogP contribution in [0.15, 0.2) is 42.5 Å². The minimum Gasteiger partial charge on any atom is -0.326 e. The van der Waals surface area contributed by atoms with Crippen molar-refractivity contribution in [3.63, 3.8) is 0 Å². The zero-order chi connectivity index (χ0) is 19.6. The summed E-state index contributed by atoms with van der Waals surface area (Å²) in [7, 11) is 0. The maximum atomic E-state index is 12.8. The predicted octanol–water partition coefficient (Wildman–Crippen LogP) is 5.45. The smallest absolute Gasteiger partial charge is 0.257 e. The molecule has 0 bridgehead atoms. The third-order valence-corrected chi connectivity index (χ3v) is 4.60. The molecule has 0 aliphatic rings. The Balaban J connectivity index is 1.91. The first-order chi connectivity index (χ1) is 12.9. The Morgan fingerprint density at radius 2 is 1.81 bits per heavy atom. The third kappa shape index (κ3) is 4.38. The van der Waals surface area contributed by atoms with Crippen molar-refractivity contribution in [1.82, 2.24) is 4.98 Å². The van der Waals surface area contributed by atoms with Gasteiger partial charge in [-0.15, -0.1) is 0 Å². The number of aromatic nitrogens is 1. The number of hydrogen-bond donors (Lipinski definition) is 2. The number of carbonyl (C=O) groups is 2. The van der Waals surface area contributed by atoms with Crippen LogP contribution in [0, 0.1) is 6.92 Å². The van der Waals surface area contributed by atoms with Crippen LogP contribution in [0.1, 0.15) is 29.4 Å². The van der Waals surface area contributed by atoms with E-state index < -0.39 is 0 Å². The summed E-state index contributed by atoms with van der Waals surface area (Å²) in [5.41, 5.74) is 2.73. The zero-order valence-corrected chi connectivity index (χ0v) is 16.3. The summed E-state index contributed by atoms with van der Waals surface area (Å²) in [5, 5.41) is 7.23. The zero-order valence-electron chi connectivity index (χ0n) is 14.8. The van der Waals surface area contributed by atoms with Crippen molar-refractivity contribution in [2.75, 3.05) is 10.6 Å². The van der Waals surface area contributed by atoms with Crippen LogP contribution < -0.4 is 10.6 Å². The van der Waals surface area contributed by atoms with Gasteiger partial charge in [-0.25, -0.2) is 0 Å². The molecule has 0 fully saturated rings. The van der Waals surface area contributed by atoms with Crippen molar-refractivity contribution in [3.8, 4) is 0 Å². The van der Waals surface area contributed by atoms with E-state index in [0.717, 1.165) is 10.9 Å². The number of halogens is 2. The van der Waals surface area contributed by atoms with Crippen LogP contribution in [0.2, 0.25) is 10.0 Å². The molecule has 2 amide bonds. The summed E-state index contributed by atoms with van der Waals surface area (Å²) in [6.07, 6.45) is 0.356. The Morgan fingerprint density at radius 1 is 1.04 bits per heavy atom. The van der Waals surface area contributed by atoms with E-state index in [1.807, 2.05) is 6.07 Å². The van der Waals surface area contributed by atoms with Crippen molar-refractivity contribution >= 4 is 57.3 Å². The first kappa shape index (κ1) is 19.1. The highest BCUT2D eigenvalue weighted by molar-refractivity contribution is 6.34. The van der Waals surface area contributed by atoms with E-state index in [2.05, 4.69) is 15.6 Å². The summed E-state index contributed by atoms with van der Waals surface area (Å²) in [6.45, 7) is 3.53. The van der Waals surface area contributed by atoms with Gasteiger partial charge in [0.25, 0.3) is 5.91 Å². The van der Waals surface area contributed by atoms with Gasteiger partial charge in [0, 0.05) is 22.5 Å². The van der Waals surface area contributed by atoms with E-state index in [0.29, 0.717) is 39.1 Å². The molecule has 2 N–H and O–H groups in total. The fraction of sp³-hybridized carbons (Fsp3) is 0.150. The summed E-state index contributed by atoms with van der Waals surface area (Å²) < 4.78 is 0. The maximum Gasteiger partial charge on any atom is 0.257 e. The van der Waals surface area contributed by atoms with E-state index in [1.165, 1.54) is 0 Å². The highest BCUT2D eigenvalue weighted by Crippen LogP contribution is 2.27. The molecule has 0 saturated carbocycles. The molecule has 5 nitrogen and oxygen atoms in total. The predicted molar refractivity (Wildman–Crippen MR) is 110 cm³/mol. The van der Waals surface area contributed by atoms with E-state index in [1.54, 1.807) is 50.2 Å². The first-order valence-electron chi connectivity index (χ1n) is 8.35. The molecule has 0 aliphatic carbocycles. The quantitative estimate of drug-likeness (QED) is 0.610. The molecule has 0 saturated heterocycles. The number of nitrogens with zero attached hydrogens (tertiary/aromatic N) is 1. The molecule has 7 heteroatoms. The van der Waals surface area contributed by atoms with Crippen molar-refractivity contribution in [2.45, 2.75) is 20.3 Å². The fourth-order valence-corrected chi connectivity index (χ4v) is 2.96. The van der Waals surface area contributed by atoms with E-state index in [4.69, 9.17) is 23.2 Å². The standard InChI is InChI=1S/C20H17Cl2N3O2/c1-3-19(26)24-14-5-6-16(22)18(10-14)25-20(27)15-9-12-8-13(21)4-7-17(12)23-11(15)2/h4-10H,3H2,1-2H3,(H,24,26)(H,25,27). The molecule has 1 heterocycles. The molecule has 1 aromatic heterocycles. The molecule has 2 aromatic carbocycles. The molecule has 27 heavy (non-hydrogen) atoms. The maximum absolute atomic E-state index is 12.8. The number of nitrogens with one attached hydrogen (secondary N) is 2. The largest absolute Gasteiger partial charge is 0.326 e. The van der Waals surface area contributed by atoms with Gasteiger partial charge in [-0.1, -0.05) is 30.1 Å². The Kier molecular flexibility index (Phi) is 5.63. The van der Waals surface area contributed by atoms with Gasteiger partial charge in [0.1, 0.15) is 0 Å². The number of aryl methyl sites for hydroxylation is 1. The Hall–Kier alpha value is -2.63. The molecule has 0 radical (unpaired) electrons. The normalized spacial score (nSPS) is 10.7. The van der Waals surface area contributed by atoms with Gasteiger partial charge in [-0.05, 0) is 49.4 Å². The van der Waals surface area contributed by atoms with Crippen LogP contribution in [0.25, 0.3) is 10.9 Å². The van der Waals surface area contributed by atoms with Crippen molar-refractivity contribution in [2.24, 2.45) is 0 Å². The van der Waals surface area contributed by atoms with Gasteiger partial charge >= 0.3 is 0 Å². The minimum absolute atomic E-state index is 0.124. The number of amides is 2. The second-order valence-electron chi connectivity index (χ2n) is 6.01. The van der Waals surface area contributed by atoms with Crippen LogP contribution in [0.5, 0.6) is 0 Å². The van der Waals surface area contributed by atoms with Crippen LogP contribution >= 0.6 is 23.2 Å². The molecular formula is C20H17Cl2N3O2. The number of rotatable bonds is 4. The summed E-state index contributed by atoms with van der Waals surface area (Å²) in [6, 6.07) is 12.0. The van der Waals surface area contributed by atoms with Gasteiger partial charge in [0.05, 0.1) is 27.5 Å². The lowest BCUT2D eigenvalue weighted by atomic mass is 10.1. The number of hydrogen-bond acceptors (Lipinski definition) is 3. The molecule has 0 spiro atoms. The minimum atomic E-state index is -0.345. The number of pyridine rings is 1. The number of fused-ring (bicyclic) bond motifs is 1. The Bertz CT molecular complexity index is 1050. The van der Waals surface area contributed by atoms with Crippen molar-refractivity contribution < 1.29 is 9.59 Å². The molecule has 3 rings (SSSR count). The lowest BCUT2D eigenvalue weighted by Gasteiger charge is -2.12. The highest BCUT2D eigenvalue weighted by atomic mass is 35.5. The third-order valence-electron chi connectivity index (χ3n) is 4.03. The first-order valence-corrected chi connectivity index (χ1v) is 9.10. The van der Waals surface area contributed by atoms with Crippen LogP contribution in [0.4, 0.5) is 11.4 Å². The molecule has 3 aromatic rings. The Morgan fingerprint density at radius 3 is 2.56 bits per heavy atom. The molecular weight excluding hydrogens is 385 g/mol. The summed E-state index contributed by atoms with van der Waals surface area (Å²) in [4.78, 5) is 28.8. The van der Waals surface area contributed by atoms with E-state index in [-0.39, 0.29) is 11.8 Å². The lowest BCUT2D eigenvalue weighted by molar-refractivity contribution is -0.115. The fourth-order valence-electron chi connectivity index (χ4n) is 2.61. The van der Waals surface area contributed by atoms with Crippen LogP contribution in [0.3, 0.4) is 0 Å². The molecule has 0 atom stereocenters. The second kappa shape index (κ2) is 7.94. The molecule has 0 aliphatic heterocycles. The van der Waals surface area contributed by atoms with Gasteiger partial charge in [0.2, 0.25) is 5.91 Å². The molecule has 0 unspecified atom stereocenters. The van der Waals surface area contributed by atoms with Crippen LogP contribution in [-0.4, -0.2) is 16.8 Å². The van der Waals surface area contributed by atoms with Gasteiger partial charge in [-0.2, -0.15) is 0 Å². The Labute approximate surface area is 166 Å². The topological polar surface area (TPSA) is 71.1 Å². The average molecular weight is 402 g/mol. The van der Waals surface area contributed by atoms with Crippen molar-refractivity contribution in [3.05, 3.63) is 63.8 Å². The number of benzene rings is 2. The SMILES string of the molecule is CCC(=O)Nc1ccc(Cl)c(NC(=O)c2cc3cc(Cl)ccc3nc2C)c1. The van der Waals surface area contributed by atoms with E-state index >= 15 is 0 Å². The molecule has 138 valence electrons. The van der Waals surface area contributed by atoms with E-state index in [9.17, 15) is 9.59 Å². The second-order valence-corrected chi connectivity index (χ2v) is 6.85. The highest BCUT2D eigenvalue weighted by Gasteiger charge is 2.14. The monoisotopic (exact) mass is 401 g/mol. The van der Waals surface area contributed by atoms with Gasteiger partial charge in [0.15, 0.2) is 0 Å². The lowest BCUT2D eigenvalue weighted by Crippen LogP contribution is -2.15. The van der Waals surface area contributed by atoms with Gasteiger partial charge < -0.3 is 10.6 Å².